The average Bonchev–Trinajstić information content (AvgIpc) is 2.47. The van der Waals surface area contributed by atoms with Gasteiger partial charge in [0.1, 0.15) is 0 Å². The molecule has 96 valence electrons. The molecule has 0 amide bonds. The summed E-state index contributed by atoms with van der Waals surface area (Å²) in [6.07, 6.45) is 0. The predicted octanol–water partition coefficient (Wildman–Crippen LogP) is 5.57. The molecular weight excluding hydrogens is 216 g/mol. The van der Waals surface area contributed by atoms with Gasteiger partial charge >= 0.3 is 0 Å². The lowest BCUT2D eigenvalue weighted by Gasteiger charge is -2.03. The standard InChI is InChI=1S/C14H12.2C2H6/c1-3-6-12-10-9-11(2)13-7-4-5-8-14(12)13;2*1-2/h4-5,7-10H,1-2H3;2*1-2H3. The lowest BCUT2D eigenvalue weighted by atomic mass is 10.0. The Bertz CT molecular complexity index is 524. The van der Waals surface area contributed by atoms with Crippen molar-refractivity contribution >= 4 is 10.8 Å². The largest absolute Gasteiger partial charge is 0.101 e. The Hall–Kier alpha value is -1.74. The minimum absolute atomic E-state index is 1.12. The van der Waals surface area contributed by atoms with Gasteiger partial charge in [-0.3, -0.25) is 0 Å². The van der Waals surface area contributed by atoms with Gasteiger partial charge in [0, 0.05) is 5.56 Å². The molecule has 0 heterocycles. The first kappa shape index (κ1) is 16.3. The number of hydrogen-bond donors (Lipinski definition) is 0. The van der Waals surface area contributed by atoms with Gasteiger partial charge in [-0.1, -0.05) is 63.9 Å². The van der Waals surface area contributed by atoms with Crippen molar-refractivity contribution in [2.45, 2.75) is 41.5 Å². The van der Waals surface area contributed by atoms with E-state index >= 15 is 0 Å². The molecule has 0 bridgehead atoms. The quantitative estimate of drug-likeness (QED) is 0.528. The minimum atomic E-state index is 1.12. The van der Waals surface area contributed by atoms with Crippen molar-refractivity contribution in [3.8, 4) is 11.8 Å². The summed E-state index contributed by atoms with van der Waals surface area (Å²) in [6, 6.07) is 12.6. The van der Waals surface area contributed by atoms with Crippen molar-refractivity contribution in [3.63, 3.8) is 0 Å². The highest BCUT2D eigenvalue weighted by atomic mass is 14.0. The van der Waals surface area contributed by atoms with E-state index in [2.05, 4.69) is 55.2 Å². The Morgan fingerprint density at radius 3 is 1.89 bits per heavy atom. The van der Waals surface area contributed by atoms with Crippen LogP contribution in [0.15, 0.2) is 36.4 Å². The number of fused-ring (bicyclic) bond motifs is 1. The fraction of sp³-hybridized carbons (Fsp3) is 0.333. The molecular formula is C18H24. The summed E-state index contributed by atoms with van der Waals surface area (Å²) in [5.41, 5.74) is 2.43. The molecule has 0 aliphatic carbocycles. The van der Waals surface area contributed by atoms with Gasteiger partial charge in [-0.25, -0.2) is 0 Å². The first-order valence-electron chi connectivity index (χ1n) is 6.74. The number of benzene rings is 2. The molecule has 0 saturated carbocycles. The third-order valence-electron chi connectivity index (χ3n) is 2.40. The highest BCUT2D eigenvalue weighted by Gasteiger charge is 1.99. The first-order chi connectivity index (χ1) is 8.83. The van der Waals surface area contributed by atoms with Crippen LogP contribution in [0.4, 0.5) is 0 Å². The van der Waals surface area contributed by atoms with Crippen LogP contribution in [0.3, 0.4) is 0 Å². The zero-order chi connectivity index (χ0) is 14.0. The molecule has 0 atom stereocenters. The molecule has 0 radical (unpaired) electrons. The number of hydrogen-bond acceptors (Lipinski definition) is 0. The molecule has 2 rings (SSSR count). The fourth-order valence-electron chi connectivity index (χ4n) is 1.69. The second-order valence-electron chi connectivity index (χ2n) is 3.35. The number of aryl methyl sites for hydroxylation is 1. The maximum Gasteiger partial charge on any atom is 0.0323 e. The maximum atomic E-state index is 3.13. The highest BCUT2D eigenvalue weighted by Crippen LogP contribution is 2.21. The summed E-state index contributed by atoms with van der Waals surface area (Å²) in [5.74, 6) is 6.07. The Morgan fingerprint density at radius 1 is 0.778 bits per heavy atom. The Kier molecular flexibility index (Phi) is 8.41. The van der Waals surface area contributed by atoms with Crippen molar-refractivity contribution < 1.29 is 0 Å². The van der Waals surface area contributed by atoms with Crippen LogP contribution in [-0.4, -0.2) is 0 Å². The molecule has 0 aromatic heterocycles. The third kappa shape index (κ3) is 3.93. The monoisotopic (exact) mass is 240 g/mol. The van der Waals surface area contributed by atoms with E-state index in [1.165, 1.54) is 16.3 Å². The minimum Gasteiger partial charge on any atom is -0.101 e. The van der Waals surface area contributed by atoms with Gasteiger partial charge in [0.2, 0.25) is 0 Å². The van der Waals surface area contributed by atoms with Crippen molar-refractivity contribution in [1.29, 1.82) is 0 Å². The van der Waals surface area contributed by atoms with E-state index in [1.807, 2.05) is 34.6 Å². The molecule has 0 aliphatic heterocycles. The summed E-state index contributed by atoms with van der Waals surface area (Å²) in [6.45, 7) is 12.0. The summed E-state index contributed by atoms with van der Waals surface area (Å²) in [4.78, 5) is 0. The molecule has 0 heteroatoms. The lowest BCUT2D eigenvalue weighted by molar-refractivity contribution is 1.50. The predicted molar refractivity (Wildman–Crippen MR) is 83.9 cm³/mol. The summed E-state index contributed by atoms with van der Waals surface area (Å²) < 4.78 is 0. The van der Waals surface area contributed by atoms with E-state index in [0.717, 1.165) is 5.56 Å². The van der Waals surface area contributed by atoms with Crippen LogP contribution in [0.2, 0.25) is 0 Å². The smallest absolute Gasteiger partial charge is 0.0323 e. The maximum absolute atomic E-state index is 3.13. The van der Waals surface area contributed by atoms with Gasteiger partial charge in [0.15, 0.2) is 0 Å². The fourth-order valence-corrected chi connectivity index (χ4v) is 1.69. The summed E-state index contributed by atoms with van der Waals surface area (Å²) >= 11 is 0. The van der Waals surface area contributed by atoms with Gasteiger partial charge in [0.05, 0.1) is 0 Å². The van der Waals surface area contributed by atoms with E-state index in [1.54, 1.807) is 0 Å². The van der Waals surface area contributed by atoms with Gasteiger partial charge in [-0.2, -0.15) is 0 Å². The molecule has 18 heavy (non-hydrogen) atoms. The Balaban J connectivity index is 0.000000659. The van der Waals surface area contributed by atoms with Gasteiger partial charge in [0.25, 0.3) is 0 Å². The van der Waals surface area contributed by atoms with Crippen molar-refractivity contribution in [2.75, 3.05) is 0 Å². The van der Waals surface area contributed by atoms with Gasteiger partial charge in [-0.15, -0.1) is 5.92 Å². The lowest BCUT2D eigenvalue weighted by Crippen LogP contribution is -1.82. The van der Waals surface area contributed by atoms with Crippen LogP contribution in [-0.2, 0) is 0 Å². The SMILES string of the molecule is CC.CC.CC#Cc1ccc(C)c2ccccc12. The van der Waals surface area contributed by atoms with E-state index in [4.69, 9.17) is 0 Å². The zero-order valence-corrected chi connectivity index (χ0v) is 12.5. The van der Waals surface area contributed by atoms with Crippen molar-refractivity contribution in [1.82, 2.24) is 0 Å². The van der Waals surface area contributed by atoms with Crippen molar-refractivity contribution in [3.05, 3.63) is 47.5 Å². The topological polar surface area (TPSA) is 0 Å². The second-order valence-corrected chi connectivity index (χ2v) is 3.35. The highest BCUT2D eigenvalue weighted by molar-refractivity contribution is 5.90. The molecule has 0 fully saturated rings. The number of rotatable bonds is 0. The molecule has 2 aromatic carbocycles. The zero-order valence-electron chi connectivity index (χ0n) is 12.5. The summed E-state index contributed by atoms with van der Waals surface area (Å²) in [5, 5.41) is 2.55. The van der Waals surface area contributed by atoms with E-state index in [9.17, 15) is 0 Å². The average molecular weight is 240 g/mol. The van der Waals surface area contributed by atoms with E-state index < -0.39 is 0 Å². The molecule has 0 aliphatic rings. The molecule has 0 saturated heterocycles. The Labute approximate surface area is 112 Å². The molecule has 0 nitrogen and oxygen atoms in total. The van der Waals surface area contributed by atoms with E-state index in [0.29, 0.717) is 0 Å². The van der Waals surface area contributed by atoms with Crippen LogP contribution >= 0.6 is 0 Å². The van der Waals surface area contributed by atoms with Crippen LogP contribution in [0.25, 0.3) is 10.8 Å². The van der Waals surface area contributed by atoms with Crippen LogP contribution < -0.4 is 0 Å². The third-order valence-corrected chi connectivity index (χ3v) is 2.40. The molecule has 2 aromatic rings. The second kappa shape index (κ2) is 9.31. The van der Waals surface area contributed by atoms with Crippen molar-refractivity contribution in [2.24, 2.45) is 0 Å². The van der Waals surface area contributed by atoms with Crippen LogP contribution in [0.1, 0.15) is 45.7 Å². The molecule has 0 spiro atoms. The Morgan fingerprint density at radius 2 is 1.33 bits per heavy atom. The molecule has 0 N–H and O–H groups in total. The van der Waals surface area contributed by atoms with Gasteiger partial charge < -0.3 is 0 Å². The van der Waals surface area contributed by atoms with Crippen LogP contribution in [0, 0.1) is 18.8 Å². The molecule has 0 unspecified atom stereocenters. The normalized spacial score (nSPS) is 8.11. The summed E-state index contributed by atoms with van der Waals surface area (Å²) in [7, 11) is 0. The van der Waals surface area contributed by atoms with Crippen LogP contribution in [0.5, 0.6) is 0 Å². The van der Waals surface area contributed by atoms with Gasteiger partial charge in [-0.05, 0) is 36.2 Å². The van der Waals surface area contributed by atoms with E-state index in [-0.39, 0.29) is 0 Å². The first-order valence-corrected chi connectivity index (χ1v) is 6.74.